The lowest BCUT2D eigenvalue weighted by atomic mass is 9.98. The van der Waals surface area contributed by atoms with Gasteiger partial charge in [0.1, 0.15) is 11.9 Å². The Balaban J connectivity index is 0.664. The van der Waals surface area contributed by atoms with Gasteiger partial charge in [-0.3, -0.25) is 24.4 Å². The van der Waals surface area contributed by atoms with Gasteiger partial charge in [-0.25, -0.2) is 9.37 Å². The third kappa shape index (κ3) is 10.4. The van der Waals surface area contributed by atoms with Crippen molar-refractivity contribution >= 4 is 52.4 Å². The number of carbonyl (C=O) groups is 3. The van der Waals surface area contributed by atoms with Gasteiger partial charge in [-0.05, 0) is 81.1 Å². The molecule has 3 saturated heterocycles. The number of nitrogen functional groups attached to an aromatic ring is 1. The molecule has 0 unspecified atom stereocenters. The molecule has 3 fully saturated rings. The minimum Gasteiger partial charge on any atom is -0.489 e. The third-order valence-electron chi connectivity index (χ3n) is 12.9. The van der Waals surface area contributed by atoms with Crippen molar-refractivity contribution in [1.29, 1.82) is 0 Å². The fourth-order valence-corrected chi connectivity index (χ4v) is 9.82. The molecule has 330 valence electrons. The Morgan fingerprint density at radius 1 is 0.919 bits per heavy atom. The Bertz CT molecular complexity index is 2240. The Labute approximate surface area is 372 Å². The van der Waals surface area contributed by atoms with Crippen LogP contribution < -0.4 is 21.1 Å². The lowest BCUT2D eigenvalue weighted by molar-refractivity contribution is -0.136. The molecule has 2 aromatic carbocycles. The molecule has 0 spiro atoms. The number of benzene rings is 2. The van der Waals surface area contributed by atoms with Gasteiger partial charge < -0.3 is 30.5 Å². The molecule has 0 aliphatic carbocycles. The first-order chi connectivity index (χ1) is 30.1. The molecule has 1 atom stereocenters. The SMILES string of the molecule is Nc1ncc(-c2cnn(C3CCN(CCCCCCCCN4CC(CNc5cccc6c5CN([C@H]5CCC(=O)NC5=O)C6=O)C4)CC3)c2)cc1OCCc1c(Cl)ccc(F)c1Cl. The minimum atomic E-state index is -0.600. The summed E-state index contributed by atoms with van der Waals surface area (Å²) in [5.41, 5.74) is 11.0. The van der Waals surface area contributed by atoms with Crippen molar-refractivity contribution in [3.8, 4) is 16.9 Å². The number of nitrogens with one attached hydrogen (secondary N) is 2. The molecule has 2 aromatic heterocycles. The number of pyridine rings is 1. The van der Waals surface area contributed by atoms with Crippen LogP contribution in [0.15, 0.2) is 55.0 Å². The summed E-state index contributed by atoms with van der Waals surface area (Å²) in [7, 11) is 0. The van der Waals surface area contributed by atoms with Crippen LogP contribution in [-0.2, 0) is 22.6 Å². The van der Waals surface area contributed by atoms with Gasteiger partial charge in [-0.2, -0.15) is 5.10 Å². The number of rotatable bonds is 19. The standard InChI is InChI=1S/C46H56Cl2FN9O4/c47-37-10-11-38(49)43(48)35(37)16-21-62-41-22-31(24-52-44(41)50)32-25-53-58(28-32)33-14-19-55(20-15-33)17-5-3-1-2-4-6-18-56-26-30(27-56)23-51-39-9-7-8-34-36(39)29-57(46(34)61)40-12-13-42(59)54-45(40)60/h7-11,22,24-25,28,30,33,40,51H,1-6,12-21,23,26-27,29H2,(H2,50,52)(H,54,59,60)/t40-/m0/s1. The molecular formula is C46H56Cl2FN9O4. The van der Waals surface area contributed by atoms with Crippen LogP contribution in [-0.4, -0.2) is 106 Å². The molecule has 3 amide bonds. The van der Waals surface area contributed by atoms with Crippen LogP contribution in [0.1, 0.15) is 91.7 Å². The average molecular weight is 889 g/mol. The highest BCUT2D eigenvalue weighted by Gasteiger charge is 2.40. The zero-order valence-electron chi connectivity index (χ0n) is 35.1. The first kappa shape index (κ1) is 43.9. The van der Waals surface area contributed by atoms with E-state index in [4.69, 9.17) is 38.8 Å². The molecule has 6 heterocycles. The van der Waals surface area contributed by atoms with E-state index in [1.165, 1.54) is 50.7 Å². The van der Waals surface area contributed by atoms with Crippen LogP contribution >= 0.6 is 23.2 Å². The normalized spacial score (nSPS) is 18.9. The van der Waals surface area contributed by atoms with Gasteiger partial charge in [0.2, 0.25) is 11.8 Å². The molecule has 0 saturated carbocycles. The highest BCUT2D eigenvalue weighted by atomic mass is 35.5. The van der Waals surface area contributed by atoms with Crippen molar-refractivity contribution in [3.63, 3.8) is 0 Å². The van der Waals surface area contributed by atoms with Gasteiger partial charge in [-0.15, -0.1) is 0 Å². The second-order valence-corrected chi connectivity index (χ2v) is 18.0. The fraction of sp³-hybridized carbons (Fsp3) is 0.500. The second-order valence-electron chi connectivity index (χ2n) is 17.2. The summed E-state index contributed by atoms with van der Waals surface area (Å²) in [6.07, 6.45) is 16.3. The lowest BCUT2D eigenvalue weighted by Gasteiger charge is -2.39. The molecule has 16 heteroatoms. The number of fused-ring (bicyclic) bond motifs is 1. The Morgan fingerprint density at radius 3 is 2.45 bits per heavy atom. The number of hydrogen-bond acceptors (Lipinski definition) is 10. The van der Waals surface area contributed by atoms with E-state index >= 15 is 0 Å². The van der Waals surface area contributed by atoms with Crippen LogP contribution in [0.25, 0.3) is 11.1 Å². The van der Waals surface area contributed by atoms with Crippen molar-refractivity contribution in [2.45, 2.75) is 89.3 Å². The minimum absolute atomic E-state index is 0.00150. The van der Waals surface area contributed by atoms with Gasteiger partial charge in [0.05, 0.1) is 23.9 Å². The maximum absolute atomic E-state index is 13.9. The zero-order valence-corrected chi connectivity index (χ0v) is 36.6. The Hall–Kier alpha value is -4.76. The van der Waals surface area contributed by atoms with Gasteiger partial charge in [0, 0.05) is 103 Å². The number of carbonyl (C=O) groups excluding carboxylic acids is 3. The number of nitrogens with zero attached hydrogens (tertiary/aromatic N) is 6. The number of aromatic nitrogens is 3. The third-order valence-corrected chi connectivity index (χ3v) is 13.7. The van der Waals surface area contributed by atoms with Crippen LogP contribution in [0, 0.1) is 11.7 Å². The number of piperidine rings is 2. The summed E-state index contributed by atoms with van der Waals surface area (Å²) in [4.78, 5) is 48.3. The maximum Gasteiger partial charge on any atom is 0.255 e. The van der Waals surface area contributed by atoms with E-state index < -0.39 is 11.9 Å². The molecule has 4 aromatic rings. The first-order valence-electron chi connectivity index (χ1n) is 22.1. The van der Waals surface area contributed by atoms with Crippen molar-refractivity contribution in [2.75, 3.05) is 63.5 Å². The van der Waals surface area contributed by atoms with Crippen LogP contribution in [0.2, 0.25) is 10.0 Å². The highest BCUT2D eigenvalue weighted by Crippen LogP contribution is 2.34. The quantitative estimate of drug-likeness (QED) is 0.0495. The smallest absolute Gasteiger partial charge is 0.255 e. The predicted octanol–water partition coefficient (Wildman–Crippen LogP) is 7.38. The average Bonchev–Trinajstić information content (AvgIpc) is 3.88. The van der Waals surface area contributed by atoms with Gasteiger partial charge >= 0.3 is 0 Å². The predicted molar refractivity (Wildman–Crippen MR) is 239 cm³/mol. The number of amides is 3. The monoisotopic (exact) mass is 887 g/mol. The van der Waals surface area contributed by atoms with E-state index in [1.807, 2.05) is 30.5 Å². The number of imide groups is 1. The number of nitrogens with two attached hydrogens (primary N) is 1. The topological polar surface area (TPSA) is 151 Å². The molecule has 0 bridgehead atoms. The number of halogens is 3. The number of hydrogen-bond donors (Lipinski definition) is 3. The van der Waals surface area contributed by atoms with E-state index in [-0.39, 0.29) is 41.6 Å². The summed E-state index contributed by atoms with van der Waals surface area (Å²) in [6.45, 7) is 8.08. The van der Waals surface area contributed by atoms with Gasteiger partial charge in [0.25, 0.3) is 5.91 Å². The first-order valence-corrected chi connectivity index (χ1v) is 22.9. The number of unbranched alkanes of at least 4 members (excludes halogenated alkanes) is 5. The Morgan fingerprint density at radius 2 is 1.68 bits per heavy atom. The molecule has 62 heavy (non-hydrogen) atoms. The van der Waals surface area contributed by atoms with Crippen molar-refractivity contribution in [3.05, 3.63) is 87.5 Å². The molecule has 4 aliphatic rings. The van der Waals surface area contributed by atoms with E-state index in [2.05, 4.69) is 36.3 Å². The van der Waals surface area contributed by atoms with E-state index in [0.29, 0.717) is 53.2 Å². The van der Waals surface area contributed by atoms with E-state index in [9.17, 15) is 18.8 Å². The fourth-order valence-electron chi connectivity index (χ4n) is 9.26. The van der Waals surface area contributed by atoms with Crippen molar-refractivity contribution in [1.82, 2.24) is 34.8 Å². The number of ether oxygens (including phenoxy) is 1. The Kier molecular flexibility index (Phi) is 14.3. The molecule has 0 radical (unpaired) electrons. The van der Waals surface area contributed by atoms with E-state index in [0.717, 1.165) is 81.0 Å². The summed E-state index contributed by atoms with van der Waals surface area (Å²) >= 11 is 12.3. The summed E-state index contributed by atoms with van der Waals surface area (Å²) in [6, 6.07) is 10.1. The largest absolute Gasteiger partial charge is 0.489 e. The molecular weight excluding hydrogens is 832 g/mol. The summed E-state index contributed by atoms with van der Waals surface area (Å²) < 4.78 is 21.9. The molecule has 4 aliphatic heterocycles. The van der Waals surface area contributed by atoms with Crippen molar-refractivity contribution in [2.24, 2.45) is 5.92 Å². The number of likely N-dealkylation sites (tertiary alicyclic amines) is 2. The molecule has 8 rings (SSSR count). The van der Waals surface area contributed by atoms with Crippen molar-refractivity contribution < 1.29 is 23.5 Å². The van der Waals surface area contributed by atoms with Crippen LogP contribution in [0.4, 0.5) is 15.9 Å². The van der Waals surface area contributed by atoms with E-state index in [1.54, 1.807) is 11.1 Å². The second kappa shape index (κ2) is 20.2. The van der Waals surface area contributed by atoms with Crippen LogP contribution in [0.5, 0.6) is 5.75 Å². The highest BCUT2D eigenvalue weighted by molar-refractivity contribution is 6.36. The van der Waals surface area contributed by atoms with Crippen LogP contribution in [0.3, 0.4) is 0 Å². The summed E-state index contributed by atoms with van der Waals surface area (Å²) in [5.74, 6) is -0.0254. The number of anilines is 2. The molecule has 13 nitrogen and oxygen atoms in total. The molecule has 4 N–H and O–H groups in total. The van der Waals surface area contributed by atoms with Gasteiger partial charge in [-0.1, -0.05) is 55.0 Å². The summed E-state index contributed by atoms with van der Waals surface area (Å²) in [5, 5.41) is 11.1. The lowest BCUT2D eigenvalue weighted by Crippen LogP contribution is -2.52. The maximum atomic E-state index is 13.9. The van der Waals surface area contributed by atoms with Gasteiger partial charge in [0.15, 0.2) is 11.6 Å². The zero-order chi connectivity index (χ0) is 43.2.